The molecule has 0 aromatic rings. The number of rotatable bonds is 2. The molecule has 6 heteroatoms. The molecule has 4 unspecified atom stereocenters. The van der Waals surface area contributed by atoms with Crippen molar-refractivity contribution in [2.45, 2.75) is 37.9 Å². The Morgan fingerprint density at radius 3 is 2.64 bits per heavy atom. The highest BCUT2D eigenvalue weighted by atomic mass is 16.5. The summed E-state index contributed by atoms with van der Waals surface area (Å²) in [5, 5.41) is 30.2. The molecule has 1 amide bonds. The molecule has 1 heterocycles. The zero-order valence-electron chi connectivity index (χ0n) is 7.88. The van der Waals surface area contributed by atoms with Gasteiger partial charge in [-0.1, -0.05) is 6.92 Å². The summed E-state index contributed by atoms with van der Waals surface area (Å²) in [5.41, 5.74) is 0. The molecule has 1 aliphatic heterocycles. The van der Waals surface area contributed by atoms with E-state index in [9.17, 15) is 15.0 Å². The minimum absolute atomic E-state index is 0.104. The summed E-state index contributed by atoms with van der Waals surface area (Å²) >= 11 is 0. The molecule has 1 saturated heterocycles. The lowest BCUT2D eigenvalue weighted by atomic mass is 10.0. The fourth-order valence-corrected chi connectivity index (χ4v) is 1.19. The normalized spacial score (nSPS) is 38.0. The molecule has 0 radical (unpaired) electrons. The Bertz CT molecular complexity index is 210. The fourth-order valence-electron chi connectivity index (χ4n) is 1.19. The number of hydrogen-bond acceptors (Lipinski definition) is 5. The highest BCUT2D eigenvalue weighted by molar-refractivity contribution is 5.75. The molecule has 4 N–H and O–H groups in total. The third kappa shape index (κ3) is 2.42. The summed E-state index contributed by atoms with van der Waals surface area (Å²) in [7, 11) is 0. The first-order chi connectivity index (χ1) is 6.56. The third-order valence-electron chi connectivity index (χ3n) is 2.13. The van der Waals surface area contributed by atoms with E-state index in [1.54, 1.807) is 6.92 Å². The van der Waals surface area contributed by atoms with Crippen LogP contribution in [0.15, 0.2) is 0 Å². The van der Waals surface area contributed by atoms with E-state index in [-0.39, 0.29) is 18.9 Å². The average Bonchev–Trinajstić information content (AvgIpc) is 2.19. The highest BCUT2D eigenvalue weighted by Gasteiger charge is 2.37. The van der Waals surface area contributed by atoms with Crippen LogP contribution in [0, 0.1) is 0 Å². The van der Waals surface area contributed by atoms with E-state index in [0.717, 1.165) is 0 Å². The first-order valence-corrected chi connectivity index (χ1v) is 4.51. The van der Waals surface area contributed by atoms with Crippen LogP contribution < -0.4 is 5.32 Å². The second-order valence-corrected chi connectivity index (χ2v) is 3.22. The van der Waals surface area contributed by atoms with Crippen molar-refractivity contribution in [3.63, 3.8) is 0 Å². The van der Waals surface area contributed by atoms with E-state index in [4.69, 9.17) is 9.84 Å². The number of carbonyl (C=O) groups excluding carboxylic acids is 1. The number of nitrogens with one attached hydrogen (secondary N) is 1. The fraction of sp³-hybridized carbons (Fsp3) is 0.875. The van der Waals surface area contributed by atoms with E-state index >= 15 is 0 Å². The quantitative estimate of drug-likeness (QED) is 0.416. The van der Waals surface area contributed by atoms with Crippen LogP contribution in [0.3, 0.4) is 0 Å². The molecule has 0 aromatic carbocycles. The molecule has 4 atom stereocenters. The maximum Gasteiger partial charge on any atom is 0.221 e. The van der Waals surface area contributed by atoms with Gasteiger partial charge in [-0.2, -0.15) is 0 Å². The Labute approximate surface area is 81.5 Å². The van der Waals surface area contributed by atoms with Crippen molar-refractivity contribution in [3.8, 4) is 0 Å². The number of hydrogen-bond donors (Lipinski definition) is 4. The van der Waals surface area contributed by atoms with E-state index in [1.807, 2.05) is 0 Å². The summed E-state index contributed by atoms with van der Waals surface area (Å²) < 4.78 is 4.95. The zero-order chi connectivity index (χ0) is 10.7. The van der Waals surface area contributed by atoms with E-state index in [0.29, 0.717) is 0 Å². The maximum absolute atomic E-state index is 11.0. The zero-order valence-corrected chi connectivity index (χ0v) is 7.88. The Morgan fingerprint density at radius 2 is 2.07 bits per heavy atom. The van der Waals surface area contributed by atoms with Gasteiger partial charge in [0, 0.05) is 6.42 Å². The number of amides is 1. The lowest BCUT2D eigenvalue weighted by Gasteiger charge is -2.35. The minimum Gasteiger partial charge on any atom is -0.388 e. The van der Waals surface area contributed by atoms with Crippen LogP contribution in [-0.4, -0.2) is 52.4 Å². The Kier molecular flexibility index (Phi) is 3.82. The summed E-state index contributed by atoms with van der Waals surface area (Å²) in [6, 6.07) is 0. The summed E-state index contributed by atoms with van der Waals surface area (Å²) in [6.07, 6.45) is -4.37. The van der Waals surface area contributed by atoms with Gasteiger partial charge in [0.15, 0.2) is 6.23 Å². The molecule has 1 fully saturated rings. The van der Waals surface area contributed by atoms with Gasteiger partial charge in [0.2, 0.25) is 5.91 Å². The van der Waals surface area contributed by atoms with Gasteiger partial charge in [0.05, 0.1) is 6.61 Å². The first kappa shape index (κ1) is 11.4. The van der Waals surface area contributed by atoms with Crippen LogP contribution in [0.4, 0.5) is 0 Å². The summed E-state index contributed by atoms with van der Waals surface area (Å²) in [6.45, 7) is 1.56. The van der Waals surface area contributed by atoms with Gasteiger partial charge < -0.3 is 25.4 Å². The van der Waals surface area contributed by atoms with Crippen LogP contribution in [0.25, 0.3) is 0 Å². The predicted octanol–water partition coefficient (Wildman–Crippen LogP) is -2.05. The third-order valence-corrected chi connectivity index (χ3v) is 2.13. The summed E-state index contributed by atoms with van der Waals surface area (Å²) in [5.74, 6) is -0.280. The molecule has 14 heavy (non-hydrogen) atoms. The van der Waals surface area contributed by atoms with Crippen LogP contribution in [-0.2, 0) is 9.53 Å². The Morgan fingerprint density at radius 1 is 1.43 bits per heavy atom. The second kappa shape index (κ2) is 4.70. The number of aliphatic hydroxyl groups excluding tert-OH is 3. The average molecular weight is 205 g/mol. The van der Waals surface area contributed by atoms with Crippen LogP contribution in [0.5, 0.6) is 0 Å². The SMILES string of the molecule is CCC(=O)NC1OCC(O)C(O)C1O. The largest absolute Gasteiger partial charge is 0.388 e. The predicted molar refractivity (Wildman–Crippen MR) is 46.2 cm³/mol. The molecule has 0 spiro atoms. The maximum atomic E-state index is 11.0. The lowest BCUT2D eigenvalue weighted by Crippen LogP contribution is -2.58. The molecule has 82 valence electrons. The van der Waals surface area contributed by atoms with Gasteiger partial charge >= 0.3 is 0 Å². The van der Waals surface area contributed by atoms with Crippen molar-refractivity contribution in [1.82, 2.24) is 5.32 Å². The molecule has 1 aliphatic rings. The number of ether oxygens (including phenoxy) is 1. The standard InChI is InChI=1S/C8H15NO5/c1-2-5(11)9-8-7(13)6(12)4(10)3-14-8/h4,6-8,10,12-13H,2-3H2,1H3,(H,9,11). The lowest BCUT2D eigenvalue weighted by molar-refractivity contribution is -0.196. The van der Waals surface area contributed by atoms with Crippen LogP contribution in [0.1, 0.15) is 13.3 Å². The second-order valence-electron chi connectivity index (χ2n) is 3.22. The van der Waals surface area contributed by atoms with Gasteiger partial charge in [-0.25, -0.2) is 0 Å². The molecule has 0 bridgehead atoms. The highest BCUT2D eigenvalue weighted by Crippen LogP contribution is 2.13. The first-order valence-electron chi connectivity index (χ1n) is 4.51. The monoisotopic (exact) mass is 205 g/mol. The molecule has 6 nitrogen and oxygen atoms in total. The van der Waals surface area contributed by atoms with Crippen molar-refractivity contribution in [3.05, 3.63) is 0 Å². The minimum atomic E-state index is -1.30. The molecule has 1 rings (SSSR count). The Hall–Kier alpha value is -0.690. The van der Waals surface area contributed by atoms with E-state index < -0.39 is 24.5 Å². The molecule has 0 aromatic heterocycles. The van der Waals surface area contributed by atoms with Crippen molar-refractivity contribution < 1.29 is 24.9 Å². The number of carbonyl (C=O) groups is 1. The van der Waals surface area contributed by atoms with Crippen molar-refractivity contribution >= 4 is 5.91 Å². The smallest absolute Gasteiger partial charge is 0.221 e. The van der Waals surface area contributed by atoms with Gasteiger partial charge in [0.25, 0.3) is 0 Å². The Balaban J connectivity index is 2.50. The topological polar surface area (TPSA) is 99.0 Å². The van der Waals surface area contributed by atoms with Gasteiger partial charge in [-0.05, 0) is 0 Å². The van der Waals surface area contributed by atoms with Gasteiger partial charge in [-0.15, -0.1) is 0 Å². The van der Waals surface area contributed by atoms with Crippen LogP contribution >= 0.6 is 0 Å². The van der Waals surface area contributed by atoms with Gasteiger partial charge in [-0.3, -0.25) is 4.79 Å². The van der Waals surface area contributed by atoms with E-state index in [2.05, 4.69) is 5.32 Å². The molecular formula is C8H15NO5. The van der Waals surface area contributed by atoms with Gasteiger partial charge in [0.1, 0.15) is 18.3 Å². The van der Waals surface area contributed by atoms with Crippen LogP contribution in [0.2, 0.25) is 0 Å². The molecular weight excluding hydrogens is 190 g/mol. The van der Waals surface area contributed by atoms with Crippen molar-refractivity contribution in [2.75, 3.05) is 6.61 Å². The van der Waals surface area contributed by atoms with E-state index in [1.165, 1.54) is 0 Å². The van der Waals surface area contributed by atoms with Crippen molar-refractivity contribution in [2.24, 2.45) is 0 Å². The molecule has 0 saturated carbocycles. The molecule has 0 aliphatic carbocycles. The number of aliphatic hydroxyl groups is 3. The summed E-state index contributed by atoms with van der Waals surface area (Å²) in [4.78, 5) is 11.0. The van der Waals surface area contributed by atoms with Crippen molar-refractivity contribution in [1.29, 1.82) is 0 Å².